The standard InChI is InChI=1S/C20H23N3O2S/c1-14-13-19(15-5-7-16(8-6-15)20(2,3)4)23(22-14)17-9-11-18(12-10-17)26(21,24)25/h5-13H,1-4H3,(H2,21,24,25). The average molecular weight is 369 g/mol. The lowest BCUT2D eigenvalue weighted by atomic mass is 9.86. The highest BCUT2D eigenvalue weighted by Gasteiger charge is 2.15. The van der Waals surface area contributed by atoms with E-state index in [0.717, 1.165) is 22.6 Å². The van der Waals surface area contributed by atoms with Gasteiger partial charge in [-0.2, -0.15) is 5.10 Å². The number of benzene rings is 2. The van der Waals surface area contributed by atoms with Crippen molar-refractivity contribution in [1.29, 1.82) is 0 Å². The molecule has 0 saturated carbocycles. The lowest BCUT2D eigenvalue weighted by Crippen LogP contribution is -2.12. The van der Waals surface area contributed by atoms with E-state index in [-0.39, 0.29) is 10.3 Å². The fourth-order valence-corrected chi connectivity index (χ4v) is 3.34. The predicted molar refractivity (Wildman–Crippen MR) is 104 cm³/mol. The van der Waals surface area contributed by atoms with Crippen LogP contribution in [-0.2, 0) is 15.4 Å². The summed E-state index contributed by atoms with van der Waals surface area (Å²) in [5, 5.41) is 9.73. The zero-order valence-electron chi connectivity index (χ0n) is 15.4. The number of primary sulfonamides is 1. The Morgan fingerprint density at radius 3 is 2.04 bits per heavy atom. The summed E-state index contributed by atoms with van der Waals surface area (Å²) < 4.78 is 24.7. The molecule has 0 fully saturated rings. The molecular formula is C20H23N3O2S. The minimum absolute atomic E-state index is 0.0845. The van der Waals surface area contributed by atoms with Crippen LogP contribution in [-0.4, -0.2) is 18.2 Å². The Morgan fingerprint density at radius 2 is 1.54 bits per heavy atom. The molecule has 1 heterocycles. The summed E-state index contributed by atoms with van der Waals surface area (Å²) in [5.41, 5.74) is 5.02. The summed E-state index contributed by atoms with van der Waals surface area (Å²) in [5.74, 6) is 0. The minimum atomic E-state index is -3.71. The number of rotatable bonds is 3. The number of aromatic nitrogens is 2. The van der Waals surface area contributed by atoms with Gasteiger partial charge in [-0.1, -0.05) is 45.0 Å². The Hall–Kier alpha value is -2.44. The highest BCUT2D eigenvalue weighted by Crippen LogP contribution is 2.28. The first-order valence-electron chi connectivity index (χ1n) is 8.36. The van der Waals surface area contributed by atoms with Crippen molar-refractivity contribution in [2.45, 2.75) is 38.0 Å². The summed E-state index contributed by atoms with van der Waals surface area (Å²) in [6.45, 7) is 8.48. The first-order chi connectivity index (χ1) is 12.1. The molecule has 6 heteroatoms. The number of nitrogens with zero attached hydrogens (tertiary/aromatic N) is 2. The van der Waals surface area contributed by atoms with Crippen LogP contribution in [0.4, 0.5) is 0 Å². The second kappa shape index (κ2) is 6.37. The molecule has 5 nitrogen and oxygen atoms in total. The molecule has 0 atom stereocenters. The summed E-state index contributed by atoms with van der Waals surface area (Å²) >= 11 is 0. The van der Waals surface area contributed by atoms with Crippen LogP contribution in [0, 0.1) is 6.92 Å². The normalized spacial score (nSPS) is 12.3. The first-order valence-corrected chi connectivity index (χ1v) is 9.91. The van der Waals surface area contributed by atoms with Crippen LogP contribution < -0.4 is 5.14 Å². The molecule has 0 aliphatic heterocycles. The van der Waals surface area contributed by atoms with E-state index in [2.05, 4.69) is 50.1 Å². The maximum Gasteiger partial charge on any atom is 0.238 e. The van der Waals surface area contributed by atoms with Gasteiger partial charge in [0.1, 0.15) is 0 Å². The van der Waals surface area contributed by atoms with Gasteiger partial charge in [0.15, 0.2) is 0 Å². The van der Waals surface area contributed by atoms with Crippen molar-refractivity contribution >= 4 is 10.0 Å². The maximum atomic E-state index is 11.4. The molecule has 26 heavy (non-hydrogen) atoms. The van der Waals surface area contributed by atoms with Crippen molar-refractivity contribution in [2.75, 3.05) is 0 Å². The predicted octanol–water partition coefficient (Wildman–Crippen LogP) is 3.79. The van der Waals surface area contributed by atoms with Gasteiger partial charge in [-0.15, -0.1) is 0 Å². The summed E-state index contributed by atoms with van der Waals surface area (Å²) in [4.78, 5) is 0.0845. The van der Waals surface area contributed by atoms with E-state index in [4.69, 9.17) is 5.14 Å². The van der Waals surface area contributed by atoms with E-state index in [1.165, 1.54) is 17.7 Å². The van der Waals surface area contributed by atoms with Crippen LogP contribution in [0.15, 0.2) is 59.5 Å². The molecule has 3 aromatic rings. The van der Waals surface area contributed by atoms with Crippen LogP contribution in [0.2, 0.25) is 0 Å². The van der Waals surface area contributed by atoms with Crippen molar-refractivity contribution in [1.82, 2.24) is 9.78 Å². The summed E-state index contributed by atoms with van der Waals surface area (Å²) in [7, 11) is -3.71. The Morgan fingerprint density at radius 1 is 0.962 bits per heavy atom. The smallest absolute Gasteiger partial charge is 0.233 e. The fourth-order valence-electron chi connectivity index (χ4n) is 2.82. The summed E-state index contributed by atoms with van der Waals surface area (Å²) in [6, 6.07) is 16.9. The average Bonchev–Trinajstić information content (AvgIpc) is 2.95. The Balaban J connectivity index is 2.04. The van der Waals surface area contributed by atoms with E-state index < -0.39 is 10.0 Å². The Bertz CT molecular complexity index is 1030. The molecule has 0 aliphatic carbocycles. The van der Waals surface area contributed by atoms with E-state index in [0.29, 0.717) is 0 Å². The molecule has 0 spiro atoms. The molecule has 2 N–H and O–H groups in total. The van der Waals surface area contributed by atoms with Gasteiger partial charge in [-0.3, -0.25) is 0 Å². The Kier molecular flexibility index (Phi) is 4.50. The molecule has 0 saturated heterocycles. The quantitative estimate of drug-likeness (QED) is 0.763. The van der Waals surface area contributed by atoms with Gasteiger partial charge >= 0.3 is 0 Å². The van der Waals surface area contributed by atoms with E-state index >= 15 is 0 Å². The van der Waals surface area contributed by atoms with Crippen LogP contribution >= 0.6 is 0 Å². The Labute approximate surface area is 154 Å². The van der Waals surface area contributed by atoms with Gasteiger partial charge in [-0.25, -0.2) is 18.2 Å². The molecule has 3 rings (SSSR count). The number of hydrogen-bond donors (Lipinski definition) is 1. The van der Waals surface area contributed by atoms with E-state index in [1.807, 2.05) is 17.7 Å². The highest BCUT2D eigenvalue weighted by atomic mass is 32.2. The molecule has 1 aromatic heterocycles. The number of aryl methyl sites for hydroxylation is 1. The van der Waals surface area contributed by atoms with Gasteiger partial charge in [0.05, 0.1) is 22.0 Å². The van der Waals surface area contributed by atoms with Crippen molar-refractivity contribution in [3.63, 3.8) is 0 Å². The molecular weight excluding hydrogens is 346 g/mol. The van der Waals surface area contributed by atoms with Crippen molar-refractivity contribution in [2.24, 2.45) is 5.14 Å². The van der Waals surface area contributed by atoms with Gasteiger partial charge < -0.3 is 0 Å². The molecule has 0 aliphatic rings. The molecule has 0 bridgehead atoms. The third-order valence-electron chi connectivity index (χ3n) is 4.29. The maximum absolute atomic E-state index is 11.4. The van der Waals surface area contributed by atoms with Gasteiger partial charge in [-0.05, 0) is 48.2 Å². The molecule has 0 radical (unpaired) electrons. The second-order valence-corrected chi connectivity index (χ2v) is 9.01. The lowest BCUT2D eigenvalue weighted by molar-refractivity contribution is 0.590. The molecule has 136 valence electrons. The summed E-state index contributed by atoms with van der Waals surface area (Å²) in [6.07, 6.45) is 0. The monoisotopic (exact) mass is 369 g/mol. The van der Waals surface area contributed by atoms with Crippen LogP contribution in [0.1, 0.15) is 32.0 Å². The zero-order chi connectivity index (χ0) is 19.1. The van der Waals surface area contributed by atoms with Gasteiger partial charge in [0.2, 0.25) is 10.0 Å². The second-order valence-electron chi connectivity index (χ2n) is 7.45. The number of sulfonamides is 1. The fraction of sp³-hybridized carbons (Fsp3) is 0.250. The molecule has 2 aromatic carbocycles. The lowest BCUT2D eigenvalue weighted by Gasteiger charge is -2.19. The van der Waals surface area contributed by atoms with Crippen LogP contribution in [0.25, 0.3) is 16.9 Å². The zero-order valence-corrected chi connectivity index (χ0v) is 16.2. The third kappa shape index (κ3) is 3.71. The van der Waals surface area contributed by atoms with Crippen molar-refractivity contribution in [3.05, 3.63) is 65.9 Å². The largest absolute Gasteiger partial charge is 0.238 e. The molecule has 0 unspecified atom stereocenters. The third-order valence-corrected chi connectivity index (χ3v) is 5.22. The van der Waals surface area contributed by atoms with Crippen LogP contribution in [0.3, 0.4) is 0 Å². The number of hydrogen-bond acceptors (Lipinski definition) is 3. The highest BCUT2D eigenvalue weighted by molar-refractivity contribution is 7.89. The minimum Gasteiger partial charge on any atom is -0.233 e. The van der Waals surface area contributed by atoms with Crippen LogP contribution in [0.5, 0.6) is 0 Å². The van der Waals surface area contributed by atoms with Gasteiger partial charge in [0, 0.05) is 5.56 Å². The van der Waals surface area contributed by atoms with Gasteiger partial charge in [0.25, 0.3) is 0 Å². The van der Waals surface area contributed by atoms with Crippen molar-refractivity contribution in [3.8, 4) is 16.9 Å². The van der Waals surface area contributed by atoms with Crippen molar-refractivity contribution < 1.29 is 8.42 Å². The number of nitrogens with two attached hydrogens (primary N) is 1. The molecule has 0 amide bonds. The van der Waals surface area contributed by atoms with E-state index in [1.54, 1.807) is 12.1 Å². The first kappa shape index (κ1) is 18.4. The van der Waals surface area contributed by atoms with E-state index in [9.17, 15) is 8.42 Å². The topological polar surface area (TPSA) is 78.0 Å². The SMILES string of the molecule is Cc1cc(-c2ccc(C(C)(C)C)cc2)n(-c2ccc(S(N)(=O)=O)cc2)n1.